The van der Waals surface area contributed by atoms with Gasteiger partial charge in [-0.3, -0.25) is 44.8 Å². The van der Waals surface area contributed by atoms with Crippen LogP contribution in [0.15, 0.2) is 73.5 Å². The quantitative estimate of drug-likeness (QED) is 0.0700. The van der Waals surface area contributed by atoms with E-state index in [9.17, 15) is 14.4 Å². The van der Waals surface area contributed by atoms with Gasteiger partial charge in [0.15, 0.2) is 6.29 Å². The zero-order valence-electron chi connectivity index (χ0n) is 59.2. The largest absolute Gasteiger partial charge is 0.384 e. The second-order valence-electron chi connectivity index (χ2n) is 29.5. The highest BCUT2D eigenvalue weighted by Crippen LogP contribution is 2.38. The van der Waals surface area contributed by atoms with Crippen LogP contribution in [0.1, 0.15) is 239 Å². The molecule has 534 valence electrons. The third kappa shape index (κ3) is 22.1. The smallest absolute Gasteiger partial charge is 0.253 e. The minimum atomic E-state index is -1.37. The van der Waals surface area contributed by atoms with Gasteiger partial charge < -0.3 is 62.1 Å². The Hall–Kier alpha value is -6.80. The predicted molar refractivity (Wildman–Crippen MR) is 391 cm³/mol. The molecule has 5 spiro atoms. The summed E-state index contributed by atoms with van der Waals surface area (Å²) in [5, 5.41) is 37.7. The fourth-order valence-electron chi connectivity index (χ4n) is 15.8. The number of aliphatic hydroxyl groups excluding tert-OH is 1. The number of rotatable bonds is 9. The minimum Gasteiger partial charge on any atom is -0.384 e. The van der Waals surface area contributed by atoms with E-state index in [1.807, 2.05) is 27.4 Å². The molecule has 0 radical (unpaired) electrons. The molecule has 2 aromatic rings. The third-order valence-electron chi connectivity index (χ3n) is 22.3. The Morgan fingerprint density at radius 2 is 1.00 bits per heavy atom. The number of carbonyl (C=O) groups is 3. The summed E-state index contributed by atoms with van der Waals surface area (Å²) in [6, 6.07) is 15.7. The van der Waals surface area contributed by atoms with Crippen LogP contribution in [-0.4, -0.2) is 226 Å². The van der Waals surface area contributed by atoms with E-state index in [0.29, 0.717) is 70.8 Å². The molecule has 5 aliphatic carbocycles. The van der Waals surface area contributed by atoms with E-state index >= 15 is 0 Å². The molecule has 0 aromatic heterocycles. The van der Waals surface area contributed by atoms with Crippen LogP contribution in [0.5, 0.6) is 0 Å². The van der Waals surface area contributed by atoms with Gasteiger partial charge in [0, 0.05) is 107 Å². The lowest BCUT2D eigenvalue weighted by atomic mass is 9.81. The van der Waals surface area contributed by atoms with E-state index in [0.717, 1.165) is 117 Å². The van der Waals surface area contributed by atoms with Crippen molar-refractivity contribution < 1.29 is 24.6 Å². The number of likely N-dealkylation sites (tertiary alicyclic amines) is 2. The van der Waals surface area contributed by atoms with Crippen molar-refractivity contribution in [2.24, 2.45) is 42.2 Å². The molecular formula is C75H119N17O5. The molecule has 2 saturated heterocycles. The highest BCUT2D eigenvalue weighted by atomic mass is 16.5. The van der Waals surface area contributed by atoms with Crippen LogP contribution < -0.4 is 22.5 Å². The number of nitrogens with zero attached hydrogens (tertiary/aromatic N) is 12. The Labute approximate surface area is 579 Å². The molecule has 22 heteroatoms. The number of hydrogen-bond acceptors (Lipinski definition) is 19. The molecule has 14 rings (SSSR count). The van der Waals surface area contributed by atoms with Crippen molar-refractivity contribution >= 4 is 55.1 Å². The van der Waals surface area contributed by atoms with Crippen LogP contribution in [0, 0.1) is 16.7 Å². The number of nitrogens with one attached hydrogen (secondary N) is 2. The van der Waals surface area contributed by atoms with Crippen molar-refractivity contribution in [3.63, 3.8) is 0 Å². The average Bonchev–Trinajstić information content (AvgIpc) is 1.75. The van der Waals surface area contributed by atoms with Gasteiger partial charge in [-0.05, 0) is 147 Å². The molecule has 2 aromatic carbocycles. The third-order valence-corrected chi connectivity index (χ3v) is 22.3. The van der Waals surface area contributed by atoms with Crippen LogP contribution in [0.2, 0.25) is 0 Å². The number of benzene rings is 2. The predicted octanol–water partition coefficient (Wildman–Crippen LogP) is 9.05. The molecule has 10 N–H and O–H groups in total. The van der Waals surface area contributed by atoms with Crippen LogP contribution in [0.3, 0.4) is 0 Å². The lowest BCUT2D eigenvalue weighted by Crippen LogP contribution is -2.48. The monoisotopic (exact) mass is 1340 g/mol. The first-order chi connectivity index (χ1) is 46.8. The molecular weight excluding hydrogens is 1220 g/mol. The lowest BCUT2D eigenvalue weighted by Gasteiger charge is -2.40. The van der Waals surface area contributed by atoms with Crippen molar-refractivity contribution in [1.82, 2.24) is 34.7 Å². The number of Topliss-reactive ketones (excluding diaryl/α,β-unsaturated/α-hetero) is 1. The Kier molecular flexibility index (Phi) is 28.9. The van der Waals surface area contributed by atoms with Gasteiger partial charge in [-0.1, -0.05) is 95.6 Å². The maximum absolute atomic E-state index is 12.6. The van der Waals surface area contributed by atoms with E-state index in [1.54, 1.807) is 54.9 Å². The topological polar surface area (TPSA) is 311 Å². The van der Waals surface area contributed by atoms with Gasteiger partial charge in [0.25, 0.3) is 11.8 Å². The maximum atomic E-state index is 12.6. The van der Waals surface area contributed by atoms with Gasteiger partial charge in [-0.2, -0.15) is 5.26 Å². The molecule has 0 bridgehead atoms. The zero-order chi connectivity index (χ0) is 69.2. The van der Waals surface area contributed by atoms with E-state index in [4.69, 9.17) is 43.1 Å². The average molecular weight is 1340 g/mol. The first kappa shape index (κ1) is 76.0. The van der Waals surface area contributed by atoms with E-state index in [1.165, 1.54) is 129 Å². The van der Waals surface area contributed by atoms with Crippen molar-refractivity contribution in [3.8, 4) is 6.07 Å². The highest BCUT2D eigenvalue weighted by molar-refractivity contribution is 5.98. The summed E-state index contributed by atoms with van der Waals surface area (Å²) in [6.45, 7) is 18.2. The first-order valence-electron chi connectivity index (χ1n) is 37.1. The number of likely N-dealkylation sites (N-methyl/N-ethyl adjacent to an activating group) is 3. The number of ketones is 1. The van der Waals surface area contributed by atoms with Crippen LogP contribution in [0.25, 0.3) is 0 Å². The lowest BCUT2D eigenvalue weighted by molar-refractivity contribution is -0.120. The molecule has 97 heavy (non-hydrogen) atoms. The number of nitrogens with two attached hydrogens (primary N) is 3. The second kappa shape index (κ2) is 36.9. The van der Waals surface area contributed by atoms with Crippen molar-refractivity contribution in [2.45, 2.75) is 246 Å². The zero-order valence-corrected chi connectivity index (χ0v) is 59.2. The minimum absolute atomic E-state index is 0.00174. The van der Waals surface area contributed by atoms with Gasteiger partial charge in [-0.15, -0.1) is 0 Å². The SMILES string of the molecule is C1=NCC2(CCCCC2)N1.CCN1C=NC2(CCCCC2)C1.CCN1C=NC2(CCN(C(=O)c3ccc(C#N)cc3)CC2)C1.CCN1C=NCC12CCCCC2.N=C(N)c1ccc(C(=O)N2CCC3(CC2)CN(CC(O)O)C=N3)cc1.NCC1(N)CCCCC1.O=C1CCCCC1. The molecule has 0 atom stereocenters. The number of aliphatic hydroxyl groups is 2. The Balaban J connectivity index is 0.000000151. The first-order valence-corrected chi connectivity index (χ1v) is 37.1. The summed E-state index contributed by atoms with van der Waals surface area (Å²) >= 11 is 0. The van der Waals surface area contributed by atoms with E-state index < -0.39 is 6.29 Å². The van der Waals surface area contributed by atoms with Gasteiger partial charge in [-0.25, -0.2) is 0 Å². The van der Waals surface area contributed by atoms with Crippen LogP contribution >= 0.6 is 0 Å². The Morgan fingerprint density at radius 3 is 1.40 bits per heavy atom. The molecule has 0 unspecified atom stereocenters. The summed E-state index contributed by atoms with van der Waals surface area (Å²) in [4.78, 5) is 70.7. The number of amidine groups is 1. The fraction of sp³-hybridized carbons (Fsp3) is 0.707. The number of nitriles is 1. The molecule has 22 nitrogen and oxygen atoms in total. The summed E-state index contributed by atoms with van der Waals surface area (Å²) in [5.41, 5.74) is 20.3. The van der Waals surface area contributed by atoms with Crippen molar-refractivity contribution in [2.75, 3.05) is 91.6 Å². The van der Waals surface area contributed by atoms with Crippen molar-refractivity contribution in [3.05, 3.63) is 70.8 Å². The summed E-state index contributed by atoms with van der Waals surface area (Å²) in [5.74, 6) is 0.463. The number of aliphatic imine (C=N–C) groups is 5. The van der Waals surface area contributed by atoms with E-state index in [2.05, 4.69) is 79.5 Å². The normalized spacial score (nSPS) is 23.0. The number of carbonyl (C=O) groups excluding carboxylic acids is 3. The number of hydrogen-bond donors (Lipinski definition) is 7. The Bertz CT molecular complexity index is 2960. The van der Waals surface area contributed by atoms with Crippen LogP contribution in [0.4, 0.5) is 0 Å². The molecule has 5 saturated carbocycles. The second-order valence-corrected chi connectivity index (χ2v) is 29.5. The summed E-state index contributed by atoms with van der Waals surface area (Å²) in [7, 11) is 0. The number of amides is 2. The molecule has 2 amide bonds. The van der Waals surface area contributed by atoms with E-state index in [-0.39, 0.29) is 40.8 Å². The summed E-state index contributed by atoms with van der Waals surface area (Å²) in [6.07, 6.45) is 43.6. The molecule has 7 heterocycles. The standard InChI is InChI=1S/C17H23N5O3.C17H20N4O.2C10H18N2.C8H14N2.C7H16N2.C6H10O/c18-15(19)12-1-3-13(4-2-12)16(25)22-7-5-17(6-8-22)10-21(11-20-17)9-14(23)24;1-2-20-12-17(19-13-20)7-9-21(10-8-17)16(22)15-5-3-14(11-18)4-6-15;1-2-12-8-10(11-9-12)6-4-3-5-7-10;1-2-12-9-11-8-10(12)6-4-3-5-7-10;1-2-4-8(5-3-1)6-9-7-10-8;8-6-7(9)4-2-1-3-5-7;7-6-4-2-1-3-5-6/h1-4,11,14,23-24H,5-10H2,(H3,18,19);3-6,13H,2,7-10,12H2,1H3;2*9H,2-8H2,1H3;7H,1-6H2,(H,9,10);1-6,8-9H2;1-5H2. The number of piperidine rings is 2. The van der Waals surface area contributed by atoms with Gasteiger partial charge in [0.05, 0.1) is 90.7 Å². The number of nitrogen functional groups attached to an aromatic ring is 1. The van der Waals surface area contributed by atoms with Gasteiger partial charge >= 0.3 is 0 Å². The molecule has 7 aliphatic heterocycles. The van der Waals surface area contributed by atoms with Crippen molar-refractivity contribution in [1.29, 1.82) is 10.7 Å². The van der Waals surface area contributed by atoms with Gasteiger partial charge in [0.1, 0.15) is 11.6 Å². The fourth-order valence-corrected chi connectivity index (χ4v) is 15.8. The molecule has 12 aliphatic rings. The highest BCUT2D eigenvalue weighted by Gasteiger charge is 2.43. The Morgan fingerprint density at radius 1 is 0.567 bits per heavy atom. The summed E-state index contributed by atoms with van der Waals surface area (Å²) < 4.78 is 0. The maximum Gasteiger partial charge on any atom is 0.253 e. The number of β-amino-alcohol motifs (C(OH)–C–C–N with tert-alkyl or cyclic N) is 2. The van der Waals surface area contributed by atoms with Crippen LogP contribution in [-0.2, 0) is 4.79 Å². The molecule has 7 fully saturated rings. The van der Waals surface area contributed by atoms with Gasteiger partial charge in [0.2, 0.25) is 0 Å².